The number of hydrogen-bond donors (Lipinski definition) is 1. The molecule has 3 nitrogen and oxygen atoms in total. The monoisotopic (exact) mass is 380 g/mol. The molecule has 7 atom stereocenters. The van der Waals surface area contributed by atoms with Gasteiger partial charge in [-0.25, -0.2) is 0 Å². The van der Waals surface area contributed by atoms with Crippen LogP contribution in [0.15, 0.2) is 29.4 Å². The van der Waals surface area contributed by atoms with Crippen molar-refractivity contribution in [1.29, 1.82) is 0 Å². The zero-order valence-corrected chi connectivity index (χ0v) is 17.6. The number of fused-ring (bicyclic) bond motifs is 5. The van der Waals surface area contributed by atoms with Crippen molar-refractivity contribution >= 4 is 5.71 Å². The summed E-state index contributed by atoms with van der Waals surface area (Å²) >= 11 is 0. The topological polar surface area (TPSA) is 45.5 Å². The third kappa shape index (κ3) is 3.14. The van der Waals surface area contributed by atoms with Crippen LogP contribution in [0.2, 0.25) is 0 Å². The highest BCUT2D eigenvalue weighted by Crippen LogP contribution is 2.62. The first-order valence-corrected chi connectivity index (χ1v) is 11.6. The lowest BCUT2D eigenvalue weighted by atomic mass is 9.50. The van der Waals surface area contributed by atoms with Gasteiger partial charge in [0.2, 0.25) is 0 Å². The van der Waals surface area contributed by atoms with Crippen LogP contribution >= 0.6 is 0 Å². The molecular weight excluding hydrogens is 344 g/mol. The van der Waals surface area contributed by atoms with Crippen molar-refractivity contribution in [3.05, 3.63) is 30.1 Å². The molecule has 4 aliphatic carbocycles. The van der Waals surface area contributed by atoms with Gasteiger partial charge in [0.15, 0.2) is 0 Å². The maximum atomic E-state index is 10.6. The maximum Gasteiger partial charge on any atom is 0.0811 e. The number of hydrogen-bond acceptors (Lipinski definition) is 3. The summed E-state index contributed by atoms with van der Waals surface area (Å²) in [7, 11) is 0. The highest BCUT2D eigenvalue weighted by Gasteiger charge is 2.56. The van der Waals surface area contributed by atoms with E-state index < -0.39 is 5.60 Å². The zero-order valence-electron chi connectivity index (χ0n) is 17.6. The molecule has 0 aromatic carbocycles. The van der Waals surface area contributed by atoms with Gasteiger partial charge in [0, 0.05) is 17.3 Å². The third-order valence-electron chi connectivity index (χ3n) is 9.14. The second-order valence-corrected chi connectivity index (χ2v) is 10.8. The van der Waals surface area contributed by atoms with Crippen molar-refractivity contribution < 1.29 is 5.11 Å². The van der Waals surface area contributed by atoms with E-state index in [0.29, 0.717) is 5.41 Å². The molecule has 1 aromatic heterocycles. The molecule has 5 rings (SSSR count). The molecule has 3 heteroatoms. The molecule has 1 aromatic rings. The van der Waals surface area contributed by atoms with E-state index in [4.69, 9.17) is 4.99 Å². The van der Waals surface area contributed by atoms with Crippen LogP contribution in [-0.4, -0.2) is 21.4 Å². The van der Waals surface area contributed by atoms with Gasteiger partial charge < -0.3 is 5.11 Å². The van der Waals surface area contributed by atoms with Crippen LogP contribution in [0.1, 0.15) is 77.3 Å². The second-order valence-electron chi connectivity index (χ2n) is 10.8. The molecule has 4 saturated carbocycles. The van der Waals surface area contributed by atoms with E-state index in [1.54, 1.807) is 0 Å². The van der Waals surface area contributed by atoms with Crippen LogP contribution < -0.4 is 0 Å². The Hall–Kier alpha value is -1.22. The van der Waals surface area contributed by atoms with E-state index in [0.717, 1.165) is 54.7 Å². The average molecular weight is 381 g/mol. The second kappa shape index (κ2) is 6.93. The van der Waals surface area contributed by atoms with E-state index in [1.165, 1.54) is 50.7 Å². The first kappa shape index (κ1) is 18.8. The molecule has 152 valence electrons. The van der Waals surface area contributed by atoms with E-state index in [9.17, 15) is 5.11 Å². The first-order valence-electron chi connectivity index (χ1n) is 11.6. The summed E-state index contributed by atoms with van der Waals surface area (Å²) in [5.74, 6) is 4.27. The van der Waals surface area contributed by atoms with Crippen LogP contribution in [-0.2, 0) is 6.54 Å². The van der Waals surface area contributed by atoms with E-state index in [2.05, 4.69) is 31.0 Å². The first-order chi connectivity index (χ1) is 13.5. The van der Waals surface area contributed by atoms with Gasteiger partial charge in [0.1, 0.15) is 0 Å². The summed E-state index contributed by atoms with van der Waals surface area (Å²) in [5, 5.41) is 10.6. The summed E-state index contributed by atoms with van der Waals surface area (Å²) < 4.78 is 0. The van der Waals surface area contributed by atoms with Gasteiger partial charge in [-0.1, -0.05) is 13.0 Å². The molecule has 0 aliphatic heterocycles. The number of rotatable bonds is 2. The minimum absolute atomic E-state index is 0.322. The van der Waals surface area contributed by atoms with Crippen molar-refractivity contribution in [1.82, 2.24) is 4.98 Å². The van der Waals surface area contributed by atoms with Gasteiger partial charge in [-0.05, 0) is 106 Å². The van der Waals surface area contributed by atoms with Gasteiger partial charge in [-0.15, -0.1) is 0 Å². The molecule has 28 heavy (non-hydrogen) atoms. The maximum absolute atomic E-state index is 10.6. The lowest BCUT2D eigenvalue weighted by molar-refractivity contribution is -0.0875. The van der Waals surface area contributed by atoms with Crippen molar-refractivity contribution in [2.75, 3.05) is 0 Å². The molecule has 1 heterocycles. The smallest absolute Gasteiger partial charge is 0.0811 e. The molecule has 0 amide bonds. The summed E-state index contributed by atoms with van der Waals surface area (Å²) in [6.07, 6.45) is 13.1. The van der Waals surface area contributed by atoms with Crippen molar-refractivity contribution in [3.8, 4) is 0 Å². The molecular formula is C25H36N2O. The van der Waals surface area contributed by atoms with Gasteiger partial charge in [0.05, 0.1) is 17.8 Å². The average Bonchev–Trinajstić information content (AvgIpc) is 3.02. The molecule has 0 spiro atoms. The summed E-state index contributed by atoms with van der Waals surface area (Å²) in [4.78, 5) is 9.57. The number of pyridine rings is 1. The highest BCUT2D eigenvalue weighted by molar-refractivity contribution is 5.92. The predicted molar refractivity (Wildman–Crippen MR) is 113 cm³/mol. The molecule has 0 saturated heterocycles. The minimum Gasteiger partial charge on any atom is -0.390 e. The van der Waals surface area contributed by atoms with E-state index in [-0.39, 0.29) is 0 Å². The van der Waals surface area contributed by atoms with E-state index in [1.807, 2.05) is 12.3 Å². The van der Waals surface area contributed by atoms with E-state index >= 15 is 0 Å². The van der Waals surface area contributed by atoms with Gasteiger partial charge in [0.25, 0.3) is 0 Å². The van der Waals surface area contributed by atoms with Crippen LogP contribution in [0.3, 0.4) is 0 Å². The Kier molecular flexibility index (Phi) is 4.65. The van der Waals surface area contributed by atoms with Gasteiger partial charge in [-0.2, -0.15) is 0 Å². The number of aromatic nitrogens is 1. The van der Waals surface area contributed by atoms with Crippen LogP contribution in [0.4, 0.5) is 0 Å². The summed E-state index contributed by atoms with van der Waals surface area (Å²) in [6.45, 7) is 5.33. The Balaban J connectivity index is 1.33. The molecule has 1 N–H and O–H groups in total. The fourth-order valence-electron chi connectivity index (χ4n) is 7.80. The van der Waals surface area contributed by atoms with Crippen molar-refractivity contribution in [2.24, 2.45) is 40.0 Å². The lowest BCUT2D eigenvalue weighted by Gasteiger charge is -2.56. The van der Waals surface area contributed by atoms with Crippen molar-refractivity contribution in [2.45, 2.75) is 83.8 Å². The minimum atomic E-state index is -0.407. The quantitative estimate of drug-likeness (QED) is 0.744. The summed E-state index contributed by atoms with van der Waals surface area (Å²) in [5.41, 5.74) is 2.49. The highest BCUT2D eigenvalue weighted by atomic mass is 16.3. The lowest BCUT2D eigenvalue weighted by Crippen LogP contribution is -2.50. The molecule has 4 aliphatic rings. The van der Waals surface area contributed by atoms with Crippen molar-refractivity contribution in [3.63, 3.8) is 0 Å². The molecule has 4 fully saturated rings. The number of aliphatic imine (C=N–C) groups is 1. The Labute approximate surface area is 170 Å². The van der Waals surface area contributed by atoms with Gasteiger partial charge in [-0.3, -0.25) is 9.98 Å². The summed E-state index contributed by atoms with van der Waals surface area (Å²) in [6, 6.07) is 6.13. The molecule has 0 bridgehead atoms. The molecule has 0 unspecified atom stereocenters. The van der Waals surface area contributed by atoms with Crippen LogP contribution in [0.5, 0.6) is 0 Å². The molecule has 0 radical (unpaired) electrons. The fraction of sp³-hybridized carbons (Fsp3) is 0.760. The van der Waals surface area contributed by atoms with Crippen LogP contribution in [0.25, 0.3) is 0 Å². The normalized spacial score (nSPS) is 46.7. The van der Waals surface area contributed by atoms with Crippen LogP contribution in [0, 0.1) is 35.0 Å². The standard InChI is InChI=1S/C25H36N2O/c1-24(28)12-10-19-17(15-24)6-7-21-20(19)11-13-25(2)22(21)8-9-23(25)27-16-18-5-3-4-14-26-18/h3-5,14,17,19-22,28H,6-13,15-16H2,1-2H3/b27-23-/t17-,19+,20-,21-,22+,24-,25+/m1/s1. The SMILES string of the molecule is C[C@@]1(O)CC[C@H]2[C@H](CC[C@@H]3[C@@H]2CC[C@]2(C)/C(=N\Cc4ccccn4)CC[C@@H]32)C1. The third-order valence-corrected chi connectivity index (χ3v) is 9.14. The predicted octanol–water partition coefficient (Wildman–Crippen LogP) is 5.43. The Bertz CT molecular complexity index is 742. The number of nitrogens with zero attached hydrogens (tertiary/aromatic N) is 2. The Morgan fingerprint density at radius 1 is 1.04 bits per heavy atom. The number of aliphatic hydroxyl groups is 1. The van der Waals surface area contributed by atoms with Gasteiger partial charge >= 0.3 is 0 Å². The Morgan fingerprint density at radius 3 is 2.71 bits per heavy atom. The Morgan fingerprint density at radius 2 is 1.89 bits per heavy atom. The fourth-order valence-corrected chi connectivity index (χ4v) is 7.80. The zero-order chi connectivity index (χ0) is 19.4. The largest absolute Gasteiger partial charge is 0.390 e.